The lowest BCUT2D eigenvalue weighted by Gasteiger charge is -2.37. The van der Waals surface area contributed by atoms with E-state index < -0.39 is 50.0 Å². The number of aromatic nitrogens is 1. The van der Waals surface area contributed by atoms with Gasteiger partial charge >= 0.3 is 6.18 Å². The van der Waals surface area contributed by atoms with Gasteiger partial charge in [-0.25, -0.2) is 26.9 Å². The molecule has 208 valence electrons. The molecule has 3 aliphatic rings. The molecule has 2 fully saturated rings. The van der Waals surface area contributed by atoms with Crippen LogP contribution in [-0.2, 0) is 25.8 Å². The fourth-order valence-corrected chi connectivity index (χ4v) is 7.17. The summed E-state index contributed by atoms with van der Waals surface area (Å²) in [6, 6.07) is 0.518. The molecule has 16 heteroatoms. The van der Waals surface area contributed by atoms with E-state index in [0.29, 0.717) is 36.6 Å². The van der Waals surface area contributed by atoms with Crippen molar-refractivity contribution in [2.45, 2.75) is 54.4 Å². The zero-order chi connectivity index (χ0) is 26.9. The average Bonchev–Trinajstić information content (AvgIpc) is 3.48. The number of aliphatic hydroxyl groups is 1. The van der Waals surface area contributed by atoms with Crippen molar-refractivity contribution in [2.24, 2.45) is 5.16 Å². The monoisotopic (exact) mass is 574 g/mol. The highest BCUT2D eigenvalue weighted by molar-refractivity contribution is 7.99. The van der Waals surface area contributed by atoms with E-state index in [9.17, 15) is 30.4 Å². The fourth-order valence-electron chi connectivity index (χ4n) is 4.62. The van der Waals surface area contributed by atoms with Gasteiger partial charge in [-0.05, 0) is 30.4 Å². The van der Waals surface area contributed by atoms with E-state index in [1.54, 1.807) is 11.8 Å². The quantitative estimate of drug-likeness (QED) is 0.433. The molecule has 0 saturated carbocycles. The summed E-state index contributed by atoms with van der Waals surface area (Å²) in [7, 11) is -4.53. The maximum atomic E-state index is 13.5. The summed E-state index contributed by atoms with van der Waals surface area (Å²) in [5.74, 6) is 1.15. The SMILES string of the molecule is O=S(=O)(NCC1(OCCO)CCSCC1)c1cc(C(F)(F)F)cnc1N1CCC2(CC(C(F)F)=NO2)C1. The van der Waals surface area contributed by atoms with Crippen LogP contribution in [0.2, 0.25) is 0 Å². The number of nitrogens with one attached hydrogen (secondary N) is 1. The predicted molar refractivity (Wildman–Crippen MR) is 125 cm³/mol. The number of oxime groups is 1. The number of rotatable bonds is 9. The summed E-state index contributed by atoms with van der Waals surface area (Å²) in [6.07, 6.45) is -6.10. The Morgan fingerprint density at radius 1 is 1.27 bits per heavy atom. The topological polar surface area (TPSA) is 113 Å². The molecule has 1 atom stereocenters. The van der Waals surface area contributed by atoms with Gasteiger partial charge in [-0.15, -0.1) is 0 Å². The van der Waals surface area contributed by atoms with E-state index in [2.05, 4.69) is 14.9 Å². The Kier molecular flexibility index (Phi) is 8.24. The van der Waals surface area contributed by atoms with E-state index in [-0.39, 0.29) is 51.5 Å². The van der Waals surface area contributed by atoms with Gasteiger partial charge in [0, 0.05) is 32.1 Å². The first-order valence-corrected chi connectivity index (χ1v) is 14.2. The Balaban J connectivity index is 1.61. The van der Waals surface area contributed by atoms with Gasteiger partial charge in [-0.2, -0.15) is 24.9 Å². The highest BCUT2D eigenvalue weighted by Crippen LogP contribution is 2.40. The number of halogens is 5. The van der Waals surface area contributed by atoms with Crippen molar-refractivity contribution < 1.29 is 45.1 Å². The van der Waals surface area contributed by atoms with Crippen molar-refractivity contribution in [3.8, 4) is 0 Å². The zero-order valence-corrected chi connectivity index (χ0v) is 21.3. The Labute approximate surface area is 214 Å². The number of thioether (sulfide) groups is 1. The largest absolute Gasteiger partial charge is 0.417 e. The third kappa shape index (κ3) is 6.29. The molecule has 1 aromatic heterocycles. The van der Waals surface area contributed by atoms with Crippen molar-refractivity contribution in [1.29, 1.82) is 0 Å². The number of ether oxygens (including phenoxy) is 1. The molecule has 0 radical (unpaired) electrons. The van der Waals surface area contributed by atoms with E-state index in [1.807, 2.05) is 0 Å². The van der Waals surface area contributed by atoms with E-state index in [0.717, 1.165) is 0 Å². The van der Waals surface area contributed by atoms with Gasteiger partial charge in [0.2, 0.25) is 10.0 Å². The second-order valence-corrected chi connectivity index (χ2v) is 12.2. The molecule has 2 N–H and O–H groups in total. The number of pyridine rings is 1. The minimum absolute atomic E-state index is 0.0126. The molecule has 4 heterocycles. The molecule has 0 amide bonds. The van der Waals surface area contributed by atoms with Crippen LogP contribution in [0.5, 0.6) is 0 Å². The molecule has 3 aliphatic heterocycles. The smallest absolute Gasteiger partial charge is 0.394 e. The minimum atomic E-state index is -4.84. The van der Waals surface area contributed by atoms with Crippen LogP contribution in [0, 0.1) is 0 Å². The molecule has 0 bridgehead atoms. The molecule has 0 aliphatic carbocycles. The summed E-state index contributed by atoms with van der Waals surface area (Å²) in [5, 5.41) is 12.6. The standard InChI is InChI=1S/C21H27F5N4O5S2/c22-17(23)15-10-20(35-29-15)1-4-30(13-20)18-16(9-14(11-27-18)21(24,25)26)37(32,33)28-12-19(34-6-5-31)2-7-36-8-3-19/h9,11,17,28,31H,1-8,10,12-13H2. The van der Waals surface area contributed by atoms with Crippen molar-refractivity contribution in [2.75, 3.05) is 49.3 Å². The molecular weight excluding hydrogens is 547 g/mol. The van der Waals surface area contributed by atoms with Gasteiger partial charge in [-0.3, -0.25) is 0 Å². The van der Waals surface area contributed by atoms with Crippen LogP contribution in [0.1, 0.15) is 31.2 Å². The zero-order valence-electron chi connectivity index (χ0n) is 19.6. The normalized spacial score (nSPS) is 24.1. The number of nitrogens with zero attached hydrogens (tertiary/aromatic N) is 3. The van der Waals surface area contributed by atoms with Gasteiger partial charge in [-0.1, -0.05) is 5.16 Å². The first kappa shape index (κ1) is 28.3. The van der Waals surface area contributed by atoms with Crippen LogP contribution in [0.4, 0.5) is 27.8 Å². The number of alkyl halides is 5. The average molecular weight is 575 g/mol. The Bertz CT molecular complexity index is 1120. The van der Waals surface area contributed by atoms with E-state index >= 15 is 0 Å². The Morgan fingerprint density at radius 3 is 2.62 bits per heavy atom. The number of hydrogen-bond acceptors (Lipinski definition) is 9. The molecule has 4 rings (SSSR count). The van der Waals surface area contributed by atoms with E-state index in [1.165, 1.54) is 4.90 Å². The summed E-state index contributed by atoms with van der Waals surface area (Å²) >= 11 is 1.67. The third-order valence-electron chi connectivity index (χ3n) is 6.67. The maximum absolute atomic E-state index is 13.5. The lowest BCUT2D eigenvalue weighted by atomic mass is 9.97. The van der Waals surface area contributed by atoms with Crippen LogP contribution in [0.15, 0.2) is 22.3 Å². The second kappa shape index (κ2) is 10.8. The highest BCUT2D eigenvalue weighted by Gasteiger charge is 2.48. The van der Waals surface area contributed by atoms with Crippen molar-refractivity contribution in [3.63, 3.8) is 0 Å². The highest BCUT2D eigenvalue weighted by atomic mass is 32.2. The first-order chi connectivity index (χ1) is 17.4. The lowest BCUT2D eigenvalue weighted by Crippen LogP contribution is -2.48. The van der Waals surface area contributed by atoms with Crippen molar-refractivity contribution in [1.82, 2.24) is 9.71 Å². The Hall–Kier alpha value is -1.75. The fraction of sp³-hybridized carbons (Fsp3) is 0.714. The summed E-state index contributed by atoms with van der Waals surface area (Å²) < 4.78 is 102. The van der Waals surface area contributed by atoms with Crippen LogP contribution in [0.3, 0.4) is 0 Å². The molecule has 1 unspecified atom stereocenters. The molecular formula is C21H27F5N4O5S2. The summed E-state index contributed by atoms with van der Waals surface area (Å²) in [5.41, 5.74) is -3.72. The van der Waals surface area contributed by atoms with Gasteiger partial charge in [0.1, 0.15) is 16.4 Å². The molecule has 0 aromatic carbocycles. The predicted octanol–water partition coefficient (Wildman–Crippen LogP) is 2.64. The van der Waals surface area contributed by atoms with Crippen LogP contribution in [-0.4, -0.2) is 86.2 Å². The second-order valence-electron chi connectivity index (χ2n) is 9.24. The number of hydrogen-bond donors (Lipinski definition) is 2. The maximum Gasteiger partial charge on any atom is 0.417 e. The van der Waals surface area contributed by atoms with Crippen molar-refractivity contribution >= 4 is 33.3 Å². The third-order valence-corrected chi connectivity index (χ3v) is 9.05. The number of anilines is 1. The summed E-state index contributed by atoms with van der Waals surface area (Å²) in [4.78, 5) is 9.83. The Morgan fingerprint density at radius 2 is 2.00 bits per heavy atom. The molecule has 2 saturated heterocycles. The summed E-state index contributed by atoms with van der Waals surface area (Å²) in [6.45, 7) is -0.438. The lowest BCUT2D eigenvalue weighted by molar-refractivity contribution is -0.138. The number of aliphatic hydroxyl groups excluding tert-OH is 1. The van der Waals surface area contributed by atoms with Crippen molar-refractivity contribution in [3.05, 3.63) is 17.8 Å². The first-order valence-electron chi connectivity index (χ1n) is 11.6. The van der Waals surface area contributed by atoms with Gasteiger partial charge < -0.3 is 19.6 Å². The molecule has 9 nitrogen and oxygen atoms in total. The van der Waals surface area contributed by atoms with Gasteiger partial charge in [0.15, 0.2) is 5.60 Å². The van der Waals surface area contributed by atoms with Gasteiger partial charge in [0.25, 0.3) is 6.43 Å². The van der Waals surface area contributed by atoms with Crippen LogP contribution in [0.25, 0.3) is 0 Å². The molecule has 1 spiro atoms. The van der Waals surface area contributed by atoms with Gasteiger partial charge in [0.05, 0.1) is 30.9 Å². The number of sulfonamides is 1. The molecule has 37 heavy (non-hydrogen) atoms. The van der Waals surface area contributed by atoms with Crippen LogP contribution < -0.4 is 9.62 Å². The van der Waals surface area contributed by atoms with E-state index in [4.69, 9.17) is 14.7 Å². The van der Waals surface area contributed by atoms with Crippen LogP contribution >= 0.6 is 11.8 Å². The minimum Gasteiger partial charge on any atom is -0.394 e. The molecule has 1 aromatic rings.